The molecule has 37 heavy (non-hydrogen) atoms. The van der Waals surface area contributed by atoms with E-state index in [2.05, 4.69) is 36.4 Å². The van der Waals surface area contributed by atoms with E-state index < -0.39 is 23.7 Å². The number of hydrogen-bond acceptors (Lipinski definition) is 4. The molecule has 0 heterocycles. The van der Waals surface area contributed by atoms with Crippen LogP contribution in [-0.4, -0.2) is 42.3 Å². The Kier molecular flexibility index (Phi) is 6.80. The lowest BCUT2D eigenvalue weighted by Crippen LogP contribution is -2.47. The van der Waals surface area contributed by atoms with Crippen LogP contribution in [0.2, 0.25) is 0 Å². The van der Waals surface area contributed by atoms with Crippen LogP contribution in [0.5, 0.6) is 0 Å². The highest BCUT2D eigenvalue weighted by molar-refractivity contribution is 5.82. The summed E-state index contributed by atoms with van der Waals surface area (Å²) in [6.45, 7) is 5.71. The summed E-state index contributed by atoms with van der Waals surface area (Å²) in [7, 11) is 1.62. The van der Waals surface area contributed by atoms with E-state index >= 15 is 0 Å². The van der Waals surface area contributed by atoms with Crippen LogP contribution < -0.4 is 0 Å². The first-order valence-corrected chi connectivity index (χ1v) is 13.1. The fourth-order valence-electron chi connectivity index (χ4n) is 5.19. The summed E-state index contributed by atoms with van der Waals surface area (Å²) in [4.78, 5) is 28.0. The van der Waals surface area contributed by atoms with Gasteiger partial charge in [0, 0.05) is 19.4 Å². The monoisotopic (exact) mass is 497 g/mol. The van der Waals surface area contributed by atoms with Gasteiger partial charge in [0.1, 0.15) is 18.2 Å². The number of carbonyl (C=O) groups excluding carboxylic acids is 2. The third kappa shape index (κ3) is 5.56. The molecule has 0 saturated heterocycles. The molecule has 0 N–H and O–H groups in total. The predicted octanol–water partition coefficient (Wildman–Crippen LogP) is 6.70. The van der Waals surface area contributed by atoms with Crippen LogP contribution in [0.4, 0.5) is 4.79 Å². The number of nitrogens with zero attached hydrogens (tertiary/aromatic N) is 1. The predicted molar refractivity (Wildman–Crippen MR) is 145 cm³/mol. The van der Waals surface area contributed by atoms with Gasteiger partial charge in [-0.2, -0.15) is 0 Å². The van der Waals surface area contributed by atoms with E-state index in [-0.39, 0.29) is 12.5 Å². The zero-order valence-corrected chi connectivity index (χ0v) is 22.1. The molecule has 0 aromatic heterocycles. The first kappa shape index (κ1) is 25.1. The van der Waals surface area contributed by atoms with Crippen molar-refractivity contribution in [2.24, 2.45) is 0 Å². The van der Waals surface area contributed by atoms with E-state index in [4.69, 9.17) is 9.47 Å². The second kappa shape index (κ2) is 10.0. The fourth-order valence-corrected chi connectivity index (χ4v) is 5.19. The minimum atomic E-state index is -0.788. The van der Waals surface area contributed by atoms with Gasteiger partial charge in [-0.3, -0.25) is 4.90 Å². The Hall–Kier alpha value is -3.60. The van der Waals surface area contributed by atoms with Crippen molar-refractivity contribution in [3.8, 4) is 11.1 Å². The van der Waals surface area contributed by atoms with Crippen molar-refractivity contribution in [2.45, 2.75) is 63.5 Å². The lowest BCUT2D eigenvalue weighted by atomic mass is 9.98. The molecule has 3 aromatic carbocycles. The van der Waals surface area contributed by atoms with Gasteiger partial charge in [0.05, 0.1) is 0 Å². The molecule has 0 aliphatic heterocycles. The Bertz CT molecular complexity index is 1260. The number of fused-ring (bicyclic) bond motifs is 3. The highest BCUT2D eigenvalue weighted by atomic mass is 16.6. The van der Waals surface area contributed by atoms with Crippen molar-refractivity contribution < 1.29 is 19.1 Å². The molecule has 5 heteroatoms. The Morgan fingerprint density at radius 2 is 1.54 bits per heavy atom. The minimum absolute atomic E-state index is 0.0417. The standard InChI is InChI=1S/C32H35NO4/c1-32(2,3)37-30(34)29(19-21-10-9-11-23(18-21)22-16-17-22)33(4)31(35)36-20-28-26-14-7-5-12-24(26)25-13-6-8-15-27(25)28/h5-15,18,22,28-29H,16-17,19-20H2,1-4H3. The summed E-state index contributed by atoms with van der Waals surface area (Å²) < 4.78 is 11.6. The molecule has 5 nitrogen and oxygen atoms in total. The fraction of sp³-hybridized carbons (Fsp3) is 0.375. The summed E-state index contributed by atoms with van der Waals surface area (Å²) in [5, 5.41) is 0. The summed E-state index contributed by atoms with van der Waals surface area (Å²) >= 11 is 0. The molecule has 192 valence electrons. The molecule has 0 spiro atoms. The SMILES string of the molecule is CN(C(=O)OCC1c2ccccc2-c2ccccc21)C(Cc1cccc(C2CC2)c1)C(=O)OC(C)(C)C. The Morgan fingerprint density at radius 3 is 2.14 bits per heavy atom. The van der Waals surface area contributed by atoms with Gasteiger partial charge >= 0.3 is 12.1 Å². The molecule has 1 atom stereocenters. The van der Waals surface area contributed by atoms with Crippen molar-refractivity contribution in [2.75, 3.05) is 13.7 Å². The average molecular weight is 498 g/mol. The van der Waals surface area contributed by atoms with Crippen LogP contribution in [0, 0.1) is 0 Å². The van der Waals surface area contributed by atoms with Crippen LogP contribution in [0.3, 0.4) is 0 Å². The van der Waals surface area contributed by atoms with Crippen molar-refractivity contribution in [1.82, 2.24) is 4.90 Å². The average Bonchev–Trinajstić information content (AvgIpc) is 3.68. The Balaban J connectivity index is 1.33. The maximum absolute atomic E-state index is 13.3. The van der Waals surface area contributed by atoms with Crippen molar-refractivity contribution in [3.63, 3.8) is 0 Å². The summed E-state index contributed by atoms with van der Waals surface area (Å²) in [5.74, 6) is 0.139. The highest BCUT2D eigenvalue weighted by Gasteiger charge is 2.34. The van der Waals surface area contributed by atoms with Crippen molar-refractivity contribution in [1.29, 1.82) is 0 Å². The van der Waals surface area contributed by atoms with Gasteiger partial charge in [0.15, 0.2) is 0 Å². The first-order chi connectivity index (χ1) is 17.7. The van der Waals surface area contributed by atoms with E-state index in [1.165, 1.54) is 34.4 Å². The number of ether oxygens (including phenoxy) is 2. The minimum Gasteiger partial charge on any atom is -0.458 e. The second-order valence-electron chi connectivity index (χ2n) is 11.2. The third-order valence-electron chi connectivity index (χ3n) is 7.20. The number of amides is 1. The summed E-state index contributed by atoms with van der Waals surface area (Å²) in [6.07, 6.45) is 2.25. The molecular weight excluding hydrogens is 462 g/mol. The Labute approximate surface area is 219 Å². The van der Waals surface area contributed by atoms with Gasteiger partial charge in [0.25, 0.3) is 0 Å². The number of hydrogen-bond donors (Lipinski definition) is 0. The van der Waals surface area contributed by atoms with E-state index in [9.17, 15) is 9.59 Å². The molecule has 0 bridgehead atoms. The molecule has 0 radical (unpaired) electrons. The normalized spacial score (nSPS) is 15.5. The molecule has 1 fully saturated rings. The Morgan fingerprint density at radius 1 is 0.919 bits per heavy atom. The molecule has 5 rings (SSSR count). The number of likely N-dealkylation sites (N-methyl/N-ethyl adjacent to an activating group) is 1. The van der Waals surface area contributed by atoms with E-state index in [0.717, 1.165) is 16.7 Å². The lowest BCUT2D eigenvalue weighted by Gasteiger charge is -2.30. The molecule has 1 saturated carbocycles. The van der Waals surface area contributed by atoms with Gasteiger partial charge in [0.2, 0.25) is 0 Å². The van der Waals surface area contributed by atoms with E-state index in [1.54, 1.807) is 7.05 Å². The molecule has 2 aliphatic carbocycles. The van der Waals surface area contributed by atoms with E-state index in [1.807, 2.05) is 57.2 Å². The number of rotatable bonds is 7. The van der Waals surface area contributed by atoms with E-state index in [0.29, 0.717) is 12.3 Å². The zero-order valence-electron chi connectivity index (χ0n) is 22.1. The van der Waals surface area contributed by atoms with Crippen LogP contribution >= 0.6 is 0 Å². The first-order valence-electron chi connectivity index (χ1n) is 13.1. The van der Waals surface area contributed by atoms with Crippen LogP contribution in [-0.2, 0) is 20.7 Å². The van der Waals surface area contributed by atoms with Crippen LogP contribution in [0.25, 0.3) is 11.1 Å². The quantitative estimate of drug-likeness (QED) is 0.341. The summed E-state index contributed by atoms with van der Waals surface area (Å²) in [6, 6.07) is 24.0. The second-order valence-corrected chi connectivity index (χ2v) is 11.2. The molecular formula is C32H35NO4. The number of benzene rings is 3. The van der Waals surface area contributed by atoms with Gasteiger partial charge in [-0.1, -0.05) is 72.8 Å². The summed E-state index contributed by atoms with van der Waals surface area (Å²) in [5.41, 5.74) is 6.30. The molecule has 1 unspecified atom stereocenters. The highest BCUT2D eigenvalue weighted by Crippen LogP contribution is 2.44. The van der Waals surface area contributed by atoms with Crippen LogP contribution in [0.15, 0.2) is 72.8 Å². The van der Waals surface area contributed by atoms with Crippen molar-refractivity contribution >= 4 is 12.1 Å². The topological polar surface area (TPSA) is 55.8 Å². The number of carbonyl (C=O) groups is 2. The number of esters is 1. The van der Waals surface area contributed by atoms with Gasteiger partial charge in [-0.25, -0.2) is 9.59 Å². The molecule has 2 aliphatic rings. The van der Waals surface area contributed by atoms with Gasteiger partial charge < -0.3 is 9.47 Å². The van der Waals surface area contributed by atoms with Crippen molar-refractivity contribution in [3.05, 3.63) is 95.1 Å². The van der Waals surface area contributed by atoms with Gasteiger partial charge in [-0.05, 0) is 72.9 Å². The zero-order chi connectivity index (χ0) is 26.2. The van der Waals surface area contributed by atoms with Crippen LogP contribution in [0.1, 0.15) is 67.7 Å². The smallest absolute Gasteiger partial charge is 0.410 e. The lowest BCUT2D eigenvalue weighted by molar-refractivity contribution is -0.160. The van der Waals surface area contributed by atoms with Gasteiger partial charge in [-0.15, -0.1) is 0 Å². The maximum atomic E-state index is 13.3. The molecule has 3 aromatic rings. The maximum Gasteiger partial charge on any atom is 0.410 e. The largest absolute Gasteiger partial charge is 0.458 e. The third-order valence-corrected chi connectivity index (χ3v) is 7.20. The molecule has 1 amide bonds.